The molecule has 8 heteroatoms. The lowest BCUT2D eigenvalue weighted by Gasteiger charge is -2.23. The molecule has 0 amide bonds. The average molecular weight is 454 g/mol. The Hall–Kier alpha value is -3.81. The van der Waals surface area contributed by atoms with Crippen molar-refractivity contribution in [3.63, 3.8) is 0 Å². The van der Waals surface area contributed by atoms with Crippen LogP contribution in [-0.2, 0) is 12.6 Å². The Kier molecular flexibility index (Phi) is 4.70. The third-order valence-electron chi connectivity index (χ3n) is 6.00. The van der Waals surface area contributed by atoms with Crippen molar-refractivity contribution in [1.82, 2.24) is 0 Å². The van der Waals surface area contributed by atoms with Gasteiger partial charge in [0.15, 0.2) is 23.1 Å². The lowest BCUT2D eigenvalue weighted by Crippen LogP contribution is -2.23. The van der Waals surface area contributed by atoms with E-state index in [1.165, 1.54) is 26.4 Å². The van der Waals surface area contributed by atoms with Gasteiger partial charge in [-0.25, -0.2) is 0 Å². The van der Waals surface area contributed by atoms with E-state index < -0.39 is 17.8 Å². The Labute approximate surface area is 186 Å². The molecular weight excluding hydrogens is 437 g/mol. The van der Waals surface area contributed by atoms with E-state index in [-0.39, 0.29) is 57.5 Å². The number of fused-ring (bicyclic) bond motifs is 3. The van der Waals surface area contributed by atoms with E-state index in [1.807, 2.05) is 0 Å². The van der Waals surface area contributed by atoms with Gasteiger partial charge in [-0.1, -0.05) is 36.4 Å². The number of benzene rings is 3. The molecule has 0 bridgehead atoms. The maximum absolute atomic E-state index is 13.3. The Bertz CT molecular complexity index is 1240. The standard InChI is InChI=1S/C25H17F3O5/c1-31-22-16-11-17(12-7-9-13(10-8-12)25(26,27)28)33-23(16)24(32-2)19-18(22)20(29)14-5-3-4-6-15(14)21(19)30/h3-10,17H,11H2,1-2H3. The minimum Gasteiger partial charge on any atom is -0.496 e. The van der Waals surface area contributed by atoms with Crippen LogP contribution in [0.5, 0.6) is 17.2 Å². The first kappa shape index (κ1) is 21.1. The van der Waals surface area contributed by atoms with Gasteiger partial charge in [0.05, 0.1) is 30.9 Å². The zero-order valence-corrected chi connectivity index (χ0v) is 17.6. The molecule has 0 saturated carbocycles. The summed E-state index contributed by atoms with van der Waals surface area (Å²) < 4.78 is 56.0. The summed E-state index contributed by atoms with van der Waals surface area (Å²) in [7, 11) is 2.77. The van der Waals surface area contributed by atoms with Crippen LogP contribution in [0, 0.1) is 0 Å². The van der Waals surface area contributed by atoms with Gasteiger partial charge in [-0.05, 0) is 17.7 Å². The van der Waals surface area contributed by atoms with Gasteiger partial charge in [0.25, 0.3) is 0 Å². The molecule has 0 radical (unpaired) electrons. The maximum atomic E-state index is 13.3. The van der Waals surface area contributed by atoms with Crippen LogP contribution in [0.15, 0.2) is 48.5 Å². The molecule has 0 saturated heterocycles. The van der Waals surface area contributed by atoms with Crippen molar-refractivity contribution in [3.8, 4) is 17.2 Å². The molecule has 0 fully saturated rings. The van der Waals surface area contributed by atoms with E-state index in [0.717, 1.165) is 12.1 Å². The first-order chi connectivity index (χ1) is 15.8. The molecule has 0 aromatic heterocycles. The molecule has 5 rings (SSSR count). The van der Waals surface area contributed by atoms with Crippen molar-refractivity contribution < 1.29 is 37.0 Å². The Balaban J connectivity index is 1.64. The molecule has 5 nitrogen and oxygen atoms in total. The second kappa shape index (κ2) is 7.37. The van der Waals surface area contributed by atoms with Gasteiger partial charge in [0.1, 0.15) is 11.9 Å². The fraction of sp³-hybridized carbons (Fsp3) is 0.200. The fourth-order valence-corrected chi connectivity index (χ4v) is 4.49. The number of ketones is 2. The fourth-order valence-electron chi connectivity index (χ4n) is 4.49. The number of ether oxygens (including phenoxy) is 3. The molecule has 168 valence electrons. The van der Waals surface area contributed by atoms with Gasteiger partial charge in [0, 0.05) is 23.1 Å². The van der Waals surface area contributed by atoms with Crippen LogP contribution in [0.2, 0.25) is 0 Å². The first-order valence-electron chi connectivity index (χ1n) is 10.1. The summed E-state index contributed by atoms with van der Waals surface area (Å²) in [5, 5.41) is 0. The summed E-state index contributed by atoms with van der Waals surface area (Å²) in [5.41, 5.74) is 0.974. The molecule has 1 aliphatic heterocycles. The number of halogens is 3. The zero-order chi connectivity index (χ0) is 23.5. The van der Waals surface area contributed by atoms with Gasteiger partial charge >= 0.3 is 6.18 Å². The van der Waals surface area contributed by atoms with Crippen LogP contribution in [0.3, 0.4) is 0 Å². The normalized spacial score (nSPS) is 16.6. The van der Waals surface area contributed by atoms with E-state index in [9.17, 15) is 22.8 Å². The van der Waals surface area contributed by atoms with Crippen molar-refractivity contribution in [2.75, 3.05) is 14.2 Å². The number of hydrogen-bond donors (Lipinski definition) is 0. The smallest absolute Gasteiger partial charge is 0.416 e. The zero-order valence-electron chi connectivity index (χ0n) is 17.6. The highest BCUT2D eigenvalue weighted by Crippen LogP contribution is 2.53. The highest BCUT2D eigenvalue weighted by Gasteiger charge is 2.42. The number of hydrogen-bond acceptors (Lipinski definition) is 5. The van der Waals surface area contributed by atoms with Crippen LogP contribution >= 0.6 is 0 Å². The minimum atomic E-state index is -4.45. The Morgan fingerprint density at radius 3 is 1.91 bits per heavy atom. The lowest BCUT2D eigenvalue weighted by molar-refractivity contribution is -0.137. The second-order valence-corrected chi connectivity index (χ2v) is 7.76. The minimum absolute atomic E-state index is 0.0601. The Morgan fingerprint density at radius 2 is 1.39 bits per heavy atom. The van der Waals surface area contributed by atoms with Crippen molar-refractivity contribution in [2.45, 2.75) is 18.7 Å². The molecule has 1 heterocycles. The molecule has 0 N–H and O–H groups in total. The van der Waals surface area contributed by atoms with Crippen LogP contribution < -0.4 is 14.2 Å². The molecular formula is C25H17F3O5. The molecule has 1 atom stereocenters. The number of carbonyl (C=O) groups excluding carboxylic acids is 2. The molecule has 1 unspecified atom stereocenters. The predicted molar refractivity (Wildman–Crippen MR) is 111 cm³/mol. The van der Waals surface area contributed by atoms with Crippen LogP contribution in [-0.4, -0.2) is 25.8 Å². The molecule has 0 spiro atoms. The third-order valence-corrected chi connectivity index (χ3v) is 6.00. The lowest BCUT2D eigenvalue weighted by atomic mass is 9.81. The summed E-state index contributed by atoms with van der Waals surface area (Å²) >= 11 is 0. The Morgan fingerprint density at radius 1 is 0.848 bits per heavy atom. The summed E-state index contributed by atoms with van der Waals surface area (Å²) in [6.07, 6.45) is -4.85. The third kappa shape index (κ3) is 3.08. The van der Waals surface area contributed by atoms with Gasteiger partial charge < -0.3 is 14.2 Å². The van der Waals surface area contributed by atoms with Crippen molar-refractivity contribution in [1.29, 1.82) is 0 Å². The highest BCUT2D eigenvalue weighted by molar-refractivity contribution is 6.30. The number of rotatable bonds is 3. The quantitative estimate of drug-likeness (QED) is 0.427. The van der Waals surface area contributed by atoms with E-state index >= 15 is 0 Å². The molecule has 33 heavy (non-hydrogen) atoms. The molecule has 3 aromatic rings. The molecule has 1 aliphatic carbocycles. The van der Waals surface area contributed by atoms with Crippen LogP contribution in [0.25, 0.3) is 0 Å². The number of methoxy groups -OCH3 is 2. The van der Waals surface area contributed by atoms with Gasteiger partial charge in [0.2, 0.25) is 0 Å². The average Bonchev–Trinajstić information content (AvgIpc) is 3.25. The first-order valence-corrected chi connectivity index (χ1v) is 10.1. The number of alkyl halides is 3. The van der Waals surface area contributed by atoms with E-state index in [1.54, 1.807) is 24.3 Å². The topological polar surface area (TPSA) is 61.8 Å². The van der Waals surface area contributed by atoms with Gasteiger partial charge in [-0.3, -0.25) is 9.59 Å². The predicted octanol–water partition coefficient (Wildman–Crippen LogP) is 5.17. The largest absolute Gasteiger partial charge is 0.496 e. The summed E-state index contributed by atoms with van der Waals surface area (Å²) in [6, 6.07) is 11.2. The number of carbonyl (C=O) groups is 2. The van der Waals surface area contributed by atoms with E-state index in [4.69, 9.17) is 14.2 Å². The van der Waals surface area contributed by atoms with Crippen molar-refractivity contribution >= 4 is 11.6 Å². The van der Waals surface area contributed by atoms with Crippen LogP contribution in [0.4, 0.5) is 13.2 Å². The summed E-state index contributed by atoms with van der Waals surface area (Å²) in [4.78, 5) is 26.7. The molecule has 3 aromatic carbocycles. The summed E-state index contributed by atoms with van der Waals surface area (Å²) in [5.74, 6) is -0.180. The van der Waals surface area contributed by atoms with E-state index in [2.05, 4.69) is 0 Å². The SMILES string of the molecule is COc1c2c(c(OC)c3c1C(=O)c1ccccc1C3=O)OC(c1ccc(C(F)(F)F)cc1)C2. The van der Waals surface area contributed by atoms with E-state index in [0.29, 0.717) is 11.1 Å². The monoisotopic (exact) mass is 454 g/mol. The highest BCUT2D eigenvalue weighted by atomic mass is 19.4. The maximum Gasteiger partial charge on any atom is 0.416 e. The van der Waals surface area contributed by atoms with Crippen LogP contribution in [0.1, 0.15) is 54.6 Å². The molecule has 2 aliphatic rings. The van der Waals surface area contributed by atoms with Gasteiger partial charge in [-0.2, -0.15) is 13.2 Å². The second-order valence-electron chi connectivity index (χ2n) is 7.76. The van der Waals surface area contributed by atoms with Crippen molar-refractivity contribution in [2.24, 2.45) is 0 Å². The summed E-state index contributed by atoms with van der Waals surface area (Å²) in [6.45, 7) is 0. The van der Waals surface area contributed by atoms with Gasteiger partial charge in [-0.15, -0.1) is 0 Å². The van der Waals surface area contributed by atoms with Crippen molar-refractivity contribution in [3.05, 3.63) is 87.5 Å².